The average Bonchev–Trinajstić information content (AvgIpc) is 3.03. The Morgan fingerprint density at radius 1 is 1.04 bits per heavy atom. The van der Waals surface area contributed by atoms with E-state index >= 15 is 0 Å². The van der Waals surface area contributed by atoms with Gasteiger partial charge in [0.1, 0.15) is 0 Å². The van der Waals surface area contributed by atoms with Crippen LogP contribution >= 0.6 is 11.9 Å². The molecular weight excluding hydrogens is 351 g/mol. The predicted octanol–water partition coefficient (Wildman–Crippen LogP) is 5.79. The van der Waals surface area contributed by atoms with E-state index in [0.717, 1.165) is 23.5 Å². The first-order valence-electron chi connectivity index (χ1n) is 7.25. The topological polar surface area (TPSA) is 50.1 Å². The summed E-state index contributed by atoms with van der Waals surface area (Å²) in [6.45, 7) is 0. The Morgan fingerprint density at radius 2 is 1.76 bits per heavy atom. The fraction of sp³-hybridized carbons (Fsp3) is 0.118. The molecule has 0 amide bonds. The number of rotatable bonds is 5. The van der Waals surface area contributed by atoms with Gasteiger partial charge in [0.05, 0.1) is 11.8 Å². The van der Waals surface area contributed by atoms with Gasteiger partial charge in [-0.25, -0.2) is 4.98 Å². The summed E-state index contributed by atoms with van der Waals surface area (Å²) in [6.07, 6.45) is -0.970. The average molecular weight is 365 g/mol. The zero-order chi connectivity index (χ0) is 17.9. The zero-order valence-electron chi connectivity index (χ0n) is 13.1. The Kier molecular flexibility index (Phi) is 4.89. The number of anilines is 3. The number of nitrogens with one attached hydrogen (secondary N) is 2. The summed E-state index contributed by atoms with van der Waals surface area (Å²) in [7, 11) is 0. The molecule has 0 atom stereocenters. The molecule has 2 N–H and O–H groups in total. The standard InChI is InChI=1S/C17H14F3N3OS/c1-25-23-14-4-2-3-13(9-14)22-16-21-10-15(24-16)11-5-7-12(8-6-11)17(18,19)20/h2-10,23H,1H3,(H,21,22). The summed E-state index contributed by atoms with van der Waals surface area (Å²) in [5.74, 6) is 0.384. The first-order chi connectivity index (χ1) is 12.0. The van der Waals surface area contributed by atoms with Crippen molar-refractivity contribution in [2.24, 2.45) is 0 Å². The number of oxazole rings is 1. The van der Waals surface area contributed by atoms with E-state index in [0.29, 0.717) is 11.3 Å². The van der Waals surface area contributed by atoms with Crippen molar-refractivity contribution in [2.75, 3.05) is 16.3 Å². The van der Waals surface area contributed by atoms with Crippen LogP contribution in [-0.2, 0) is 6.18 Å². The molecule has 8 heteroatoms. The van der Waals surface area contributed by atoms with E-state index in [-0.39, 0.29) is 6.01 Å². The fourth-order valence-corrected chi connectivity index (χ4v) is 2.55. The Morgan fingerprint density at radius 3 is 2.44 bits per heavy atom. The van der Waals surface area contributed by atoms with Crippen LogP contribution in [0.5, 0.6) is 0 Å². The third-order valence-electron chi connectivity index (χ3n) is 3.34. The number of hydrogen-bond donors (Lipinski definition) is 2. The molecule has 0 unspecified atom stereocenters. The summed E-state index contributed by atoms with van der Waals surface area (Å²) in [5, 5.41) is 3.02. The Bertz CT molecular complexity index is 847. The molecule has 3 aromatic rings. The molecule has 1 heterocycles. The minimum atomic E-state index is -4.36. The van der Waals surface area contributed by atoms with Gasteiger partial charge in [0.25, 0.3) is 6.01 Å². The van der Waals surface area contributed by atoms with E-state index in [9.17, 15) is 13.2 Å². The SMILES string of the molecule is CSNc1cccc(Nc2ncc(-c3ccc(C(F)(F)F)cc3)o2)c1. The lowest BCUT2D eigenvalue weighted by molar-refractivity contribution is -0.137. The second-order valence-electron chi connectivity index (χ2n) is 5.12. The zero-order valence-corrected chi connectivity index (χ0v) is 13.9. The van der Waals surface area contributed by atoms with Crippen molar-refractivity contribution in [1.82, 2.24) is 4.98 Å². The van der Waals surface area contributed by atoms with Crippen molar-refractivity contribution in [3.63, 3.8) is 0 Å². The van der Waals surface area contributed by atoms with Crippen molar-refractivity contribution in [2.45, 2.75) is 6.18 Å². The van der Waals surface area contributed by atoms with Gasteiger partial charge >= 0.3 is 6.18 Å². The largest absolute Gasteiger partial charge is 0.423 e. The maximum atomic E-state index is 12.6. The third kappa shape index (κ3) is 4.27. The molecule has 0 aliphatic carbocycles. The first kappa shape index (κ1) is 17.2. The molecular formula is C17H14F3N3OS. The van der Waals surface area contributed by atoms with E-state index in [1.54, 1.807) is 0 Å². The van der Waals surface area contributed by atoms with Gasteiger partial charge in [-0.2, -0.15) is 13.2 Å². The number of benzene rings is 2. The molecule has 0 aliphatic rings. The molecule has 25 heavy (non-hydrogen) atoms. The minimum absolute atomic E-state index is 0.260. The van der Waals surface area contributed by atoms with Gasteiger partial charge in [0.15, 0.2) is 5.76 Å². The Balaban J connectivity index is 1.75. The van der Waals surface area contributed by atoms with Gasteiger partial charge < -0.3 is 14.5 Å². The molecule has 130 valence electrons. The van der Waals surface area contributed by atoms with Crippen LogP contribution in [0.2, 0.25) is 0 Å². The van der Waals surface area contributed by atoms with Crippen LogP contribution in [0.3, 0.4) is 0 Å². The molecule has 0 radical (unpaired) electrons. The highest BCUT2D eigenvalue weighted by atomic mass is 32.2. The van der Waals surface area contributed by atoms with Gasteiger partial charge in [-0.3, -0.25) is 0 Å². The Hall–Kier alpha value is -2.61. The van der Waals surface area contributed by atoms with Crippen LogP contribution in [0.1, 0.15) is 5.56 Å². The quantitative estimate of drug-likeness (QED) is 0.560. The van der Waals surface area contributed by atoms with Crippen LogP contribution < -0.4 is 10.0 Å². The van der Waals surface area contributed by atoms with Crippen LogP contribution in [0, 0.1) is 0 Å². The smallest absolute Gasteiger partial charge is 0.416 e. The minimum Gasteiger partial charge on any atom is -0.423 e. The van der Waals surface area contributed by atoms with Gasteiger partial charge in [-0.1, -0.05) is 30.1 Å². The number of alkyl halides is 3. The van der Waals surface area contributed by atoms with E-state index in [4.69, 9.17) is 4.42 Å². The van der Waals surface area contributed by atoms with Crippen LogP contribution in [-0.4, -0.2) is 11.2 Å². The number of nitrogens with zero attached hydrogens (tertiary/aromatic N) is 1. The molecule has 1 aromatic heterocycles. The van der Waals surface area contributed by atoms with Crippen molar-refractivity contribution < 1.29 is 17.6 Å². The fourth-order valence-electron chi connectivity index (χ4n) is 2.19. The molecule has 0 spiro atoms. The molecule has 0 bridgehead atoms. The first-order valence-corrected chi connectivity index (χ1v) is 8.48. The molecule has 4 nitrogen and oxygen atoms in total. The maximum absolute atomic E-state index is 12.6. The molecule has 0 fully saturated rings. The lowest BCUT2D eigenvalue weighted by Crippen LogP contribution is -2.03. The van der Waals surface area contributed by atoms with E-state index < -0.39 is 11.7 Å². The van der Waals surface area contributed by atoms with Crippen molar-refractivity contribution in [3.8, 4) is 11.3 Å². The summed E-state index contributed by atoms with van der Waals surface area (Å²) >= 11 is 1.48. The van der Waals surface area contributed by atoms with Gasteiger partial charge in [0, 0.05) is 23.2 Å². The molecule has 0 saturated heterocycles. The maximum Gasteiger partial charge on any atom is 0.416 e. The lowest BCUT2D eigenvalue weighted by atomic mass is 10.1. The summed E-state index contributed by atoms with van der Waals surface area (Å²) in [5.41, 5.74) is 1.52. The Labute approximate surface area is 146 Å². The van der Waals surface area contributed by atoms with E-state index in [2.05, 4.69) is 15.0 Å². The third-order valence-corrected chi connectivity index (χ3v) is 3.78. The highest BCUT2D eigenvalue weighted by Crippen LogP contribution is 2.32. The predicted molar refractivity (Wildman–Crippen MR) is 93.8 cm³/mol. The molecule has 3 rings (SSSR count). The van der Waals surface area contributed by atoms with Gasteiger partial charge in [-0.05, 0) is 30.3 Å². The van der Waals surface area contributed by atoms with E-state index in [1.807, 2.05) is 30.5 Å². The van der Waals surface area contributed by atoms with Crippen LogP contribution in [0.15, 0.2) is 59.1 Å². The highest BCUT2D eigenvalue weighted by molar-refractivity contribution is 7.99. The molecule has 0 aliphatic heterocycles. The lowest BCUT2D eigenvalue weighted by Gasteiger charge is -2.07. The summed E-state index contributed by atoms with van der Waals surface area (Å²) in [4.78, 5) is 4.11. The summed E-state index contributed by atoms with van der Waals surface area (Å²) < 4.78 is 46.5. The van der Waals surface area contributed by atoms with Crippen molar-refractivity contribution in [3.05, 3.63) is 60.3 Å². The van der Waals surface area contributed by atoms with Crippen LogP contribution in [0.4, 0.5) is 30.6 Å². The number of halogens is 3. The highest BCUT2D eigenvalue weighted by Gasteiger charge is 2.30. The monoisotopic (exact) mass is 365 g/mol. The van der Waals surface area contributed by atoms with Crippen LogP contribution in [0.25, 0.3) is 11.3 Å². The second kappa shape index (κ2) is 7.10. The normalized spacial score (nSPS) is 11.4. The molecule has 2 aromatic carbocycles. The second-order valence-corrected chi connectivity index (χ2v) is 5.73. The molecule has 0 saturated carbocycles. The number of hydrogen-bond acceptors (Lipinski definition) is 5. The van der Waals surface area contributed by atoms with Gasteiger partial charge in [0.2, 0.25) is 0 Å². The summed E-state index contributed by atoms with van der Waals surface area (Å²) in [6, 6.07) is 12.5. The van der Waals surface area contributed by atoms with E-state index in [1.165, 1.54) is 30.3 Å². The van der Waals surface area contributed by atoms with Crippen molar-refractivity contribution in [1.29, 1.82) is 0 Å². The van der Waals surface area contributed by atoms with Gasteiger partial charge in [-0.15, -0.1) is 0 Å². The number of aromatic nitrogens is 1. The van der Waals surface area contributed by atoms with Crippen molar-refractivity contribution >= 4 is 29.3 Å².